The lowest BCUT2D eigenvalue weighted by Gasteiger charge is -2.17. The van der Waals surface area contributed by atoms with Crippen LogP contribution >= 0.6 is 11.3 Å². The van der Waals surface area contributed by atoms with Crippen LogP contribution in [0.15, 0.2) is 18.2 Å². The highest BCUT2D eigenvalue weighted by Gasteiger charge is 2.36. The Hall–Kier alpha value is -2.35. The van der Waals surface area contributed by atoms with Gasteiger partial charge in [0.25, 0.3) is 0 Å². The van der Waals surface area contributed by atoms with Crippen molar-refractivity contribution in [3.63, 3.8) is 0 Å². The van der Waals surface area contributed by atoms with Gasteiger partial charge in [0, 0.05) is 19.4 Å². The maximum atomic E-state index is 14.2. The molecule has 1 aliphatic heterocycles. The number of hydrogen-bond acceptors (Lipinski definition) is 5. The van der Waals surface area contributed by atoms with Crippen LogP contribution in [0.4, 0.5) is 15.2 Å². The molecule has 27 heavy (non-hydrogen) atoms. The van der Waals surface area contributed by atoms with E-state index >= 15 is 0 Å². The van der Waals surface area contributed by atoms with Gasteiger partial charge in [0.1, 0.15) is 10.8 Å². The van der Waals surface area contributed by atoms with Crippen molar-refractivity contribution < 1.29 is 14.0 Å². The van der Waals surface area contributed by atoms with Crippen LogP contribution in [0, 0.1) is 18.7 Å². The second kappa shape index (κ2) is 8.56. The van der Waals surface area contributed by atoms with Crippen LogP contribution in [0.1, 0.15) is 43.2 Å². The highest BCUT2D eigenvalue weighted by Crippen LogP contribution is 2.29. The van der Waals surface area contributed by atoms with Crippen LogP contribution in [0.25, 0.3) is 0 Å². The lowest BCUT2D eigenvalue weighted by atomic mass is 10.1. The molecule has 1 N–H and O–H groups in total. The molecule has 1 atom stereocenters. The number of nitrogens with zero attached hydrogens (tertiary/aromatic N) is 3. The molecule has 6 nitrogen and oxygen atoms in total. The third kappa shape index (κ3) is 4.68. The highest BCUT2D eigenvalue weighted by molar-refractivity contribution is 7.15. The smallest absolute Gasteiger partial charge is 0.231 e. The van der Waals surface area contributed by atoms with E-state index in [0.29, 0.717) is 5.13 Å². The van der Waals surface area contributed by atoms with Crippen molar-refractivity contribution in [2.75, 3.05) is 16.8 Å². The van der Waals surface area contributed by atoms with Gasteiger partial charge in [-0.3, -0.25) is 9.59 Å². The Balaban J connectivity index is 1.60. The topological polar surface area (TPSA) is 75.2 Å². The number of anilines is 2. The summed E-state index contributed by atoms with van der Waals surface area (Å²) in [7, 11) is 0. The molecule has 0 saturated carbocycles. The van der Waals surface area contributed by atoms with Crippen molar-refractivity contribution in [1.29, 1.82) is 0 Å². The molecular weight excluding hydrogens is 367 g/mol. The molecule has 2 amide bonds. The van der Waals surface area contributed by atoms with Crippen LogP contribution in [-0.4, -0.2) is 28.6 Å². The van der Waals surface area contributed by atoms with Gasteiger partial charge in [-0.05, 0) is 31.0 Å². The zero-order valence-corrected chi connectivity index (χ0v) is 16.3. The molecule has 1 aromatic heterocycles. The van der Waals surface area contributed by atoms with E-state index in [1.807, 2.05) is 0 Å². The number of hydrogen-bond donors (Lipinski definition) is 1. The molecule has 1 unspecified atom stereocenters. The maximum absolute atomic E-state index is 14.2. The van der Waals surface area contributed by atoms with Gasteiger partial charge in [-0.15, -0.1) is 10.2 Å². The summed E-state index contributed by atoms with van der Waals surface area (Å²) in [5.41, 5.74) is 0.998. The minimum absolute atomic E-state index is 0.0569. The second-order valence-electron chi connectivity index (χ2n) is 6.81. The van der Waals surface area contributed by atoms with Crippen molar-refractivity contribution in [3.05, 3.63) is 34.6 Å². The van der Waals surface area contributed by atoms with E-state index in [2.05, 4.69) is 22.4 Å². The summed E-state index contributed by atoms with van der Waals surface area (Å²) in [6.07, 6.45) is 4.23. The molecule has 0 radical (unpaired) electrons. The average molecular weight is 390 g/mol. The Bertz CT molecular complexity index is 839. The summed E-state index contributed by atoms with van der Waals surface area (Å²) in [5.74, 6) is -1.53. The quantitative estimate of drug-likeness (QED) is 0.732. The van der Waals surface area contributed by atoms with Crippen LogP contribution in [0.3, 0.4) is 0 Å². The Kier molecular flexibility index (Phi) is 6.15. The monoisotopic (exact) mass is 390 g/mol. The summed E-state index contributed by atoms with van der Waals surface area (Å²) < 4.78 is 14.2. The number of aryl methyl sites for hydroxylation is 2. The number of nitrogens with one attached hydrogen (secondary N) is 1. The molecule has 8 heteroatoms. The fourth-order valence-electron chi connectivity index (χ4n) is 3.09. The molecule has 1 aromatic carbocycles. The van der Waals surface area contributed by atoms with E-state index in [-0.39, 0.29) is 30.5 Å². The summed E-state index contributed by atoms with van der Waals surface area (Å²) in [6.45, 7) is 4.08. The average Bonchev–Trinajstić information content (AvgIpc) is 3.22. The van der Waals surface area contributed by atoms with Crippen molar-refractivity contribution in [2.24, 2.45) is 5.92 Å². The van der Waals surface area contributed by atoms with Gasteiger partial charge in [0.05, 0.1) is 11.6 Å². The molecule has 2 aromatic rings. The van der Waals surface area contributed by atoms with Gasteiger partial charge < -0.3 is 10.2 Å². The fraction of sp³-hybridized carbons (Fsp3) is 0.474. The zero-order valence-electron chi connectivity index (χ0n) is 15.5. The zero-order chi connectivity index (χ0) is 19.4. The molecule has 0 spiro atoms. The van der Waals surface area contributed by atoms with Crippen molar-refractivity contribution in [1.82, 2.24) is 10.2 Å². The first kappa shape index (κ1) is 19.4. The first-order valence-electron chi connectivity index (χ1n) is 9.17. The number of halogens is 1. The third-order valence-electron chi connectivity index (χ3n) is 4.58. The maximum Gasteiger partial charge on any atom is 0.231 e. The molecule has 3 rings (SSSR count). The van der Waals surface area contributed by atoms with Crippen molar-refractivity contribution in [2.45, 2.75) is 46.0 Å². The largest absolute Gasteiger partial charge is 0.309 e. The van der Waals surface area contributed by atoms with Crippen LogP contribution < -0.4 is 10.2 Å². The minimum Gasteiger partial charge on any atom is -0.309 e. The Labute approximate surface area is 161 Å². The molecule has 2 heterocycles. The number of amides is 2. The van der Waals surface area contributed by atoms with E-state index in [1.165, 1.54) is 22.3 Å². The number of benzene rings is 1. The molecule has 144 valence electrons. The summed E-state index contributed by atoms with van der Waals surface area (Å²) in [5, 5.41) is 12.2. The van der Waals surface area contributed by atoms with Gasteiger partial charge >= 0.3 is 0 Å². The van der Waals surface area contributed by atoms with Gasteiger partial charge in [0.15, 0.2) is 0 Å². The summed E-state index contributed by atoms with van der Waals surface area (Å²) >= 11 is 1.36. The lowest BCUT2D eigenvalue weighted by molar-refractivity contribution is -0.122. The number of rotatable bonds is 7. The van der Waals surface area contributed by atoms with E-state index in [4.69, 9.17) is 0 Å². The normalized spacial score (nSPS) is 16.8. The first-order valence-corrected chi connectivity index (χ1v) is 9.99. The Morgan fingerprint density at radius 2 is 2.19 bits per heavy atom. The first-order chi connectivity index (χ1) is 13.0. The predicted molar refractivity (Wildman–Crippen MR) is 103 cm³/mol. The standard InChI is InChI=1S/C19H23FN4O2S/c1-3-4-5-6-16-22-23-19(27-16)21-18(26)13-10-17(25)24(11-13)15-8-7-12(2)9-14(15)20/h7-9,13H,3-6,10-11H2,1-2H3,(H,21,23,26). The summed E-state index contributed by atoms with van der Waals surface area (Å²) in [6, 6.07) is 4.72. The molecule has 1 saturated heterocycles. The molecule has 1 aliphatic rings. The molecule has 1 fully saturated rings. The Morgan fingerprint density at radius 3 is 2.93 bits per heavy atom. The van der Waals surface area contributed by atoms with Gasteiger partial charge in [0.2, 0.25) is 16.9 Å². The lowest BCUT2D eigenvalue weighted by Crippen LogP contribution is -2.28. The minimum atomic E-state index is -0.536. The molecule has 0 aliphatic carbocycles. The van der Waals surface area contributed by atoms with E-state index in [1.54, 1.807) is 19.1 Å². The van der Waals surface area contributed by atoms with E-state index < -0.39 is 11.7 Å². The number of aromatic nitrogens is 2. The van der Waals surface area contributed by atoms with E-state index in [0.717, 1.165) is 36.3 Å². The van der Waals surface area contributed by atoms with Gasteiger partial charge in [-0.25, -0.2) is 4.39 Å². The number of carbonyl (C=O) groups is 2. The number of unbranched alkanes of at least 4 members (excludes halogenated alkanes) is 2. The summed E-state index contributed by atoms with van der Waals surface area (Å²) in [4.78, 5) is 26.1. The van der Waals surface area contributed by atoms with Gasteiger partial charge in [-0.2, -0.15) is 0 Å². The predicted octanol–water partition coefficient (Wildman–Crippen LogP) is 3.71. The fourth-order valence-corrected chi connectivity index (χ4v) is 3.87. The molecular formula is C19H23FN4O2S. The van der Waals surface area contributed by atoms with Crippen molar-refractivity contribution in [3.8, 4) is 0 Å². The SMILES string of the molecule is CCCCCc1nnc(NC(=O)C2CC(=O)N(c3ccc(C)cc3F)C2)s1. The van der Waals surface area contributed by atoms with E-state index in [9.17, 15) is 14.0 Å². The Morgan fingerprint density at radius 1 is 1.37 bits per heavy atom. The highest BCUT2D eigenvalue weighted by atomic mass is 32.1. The number of carbonyl (C=O) groups excluding carboxylic acids is 2. The second-order valence-corrected chi connectivity index (χ2v) is 7.87. The van der Waals surface area contributed by atoms with Crippen LogP contribution in [0.5, 0.6) is 0 Å². The van der Waals surface area contributed by atoms with Gasteiger partial charge in [-0.1, -0.05) is 37.2 Å². The van der Waals surface area contributed by atoms with Crippen LogP contribution in [0.2, 0.25) is 0 Å². The molecule has 0 bridgehead atoms. The van der Waals surface area contributed by atoms with Crippen LogP contribution in [-0.2, 0) is 16.0 Å². The third-order valence-corrected chi connectivity index (χ3v) is 5.48. The van der Waals surface area contributed by atoms with Crippen molar-refractivity contribution >= 4 is 34.0 Å².